The Kier molecular flexibility index (Phi) is 4.00. The Labute approximate surface area is 163 Å². The Balaban J connectivity index is 1.63. The van der Waals surface area contributed by atoms with Crippen LogP contribution in [0.25, 0.3) is 0 Å². The second-order valence-electron chi connectivity index (χ2n) is 7.84. The smallest absolute Gasteiger partial charge is 0.126 e. The molecule has 3 nitrogen and oxygen atoms in total. The van der Waals surface area contributed by atoms with Crippen LogP contribution in [0.4, 0.5) is 10.1 Å². The number of ether oxygens (including phenoxy) is 1. The molecular formula is C24H22FNO2. The van der Waals surface area contributed by atoms with E-state index >= 15 is 0 Å². The van der Waals surface area contributed by atoms with Crippen molar-refractivity contribution >= 4 is 5.69 Å². The van der Waals surface area contributed by atoms with E-state index in [1.165, 1.54) is 0 Å². The minimum absolute atomic E-state index is 0.0439. The van der Waals surface area contributed by atoms with E-state index in [0.29, 0.717) is 18.3 Å². The summed E-state index contributed by atoms with van der Waals surface area (Å²) in [4.78, 5) is 0. The Morgan fingerprint density at radius 1 is 0.893 bits per heavy atom. The molecule has 1 fully saturated rings. The summed E-state index contributed by atoms with van der Waals surface area (Å²) in [7, 11) is 0. The summed E-state index contributed by atoms with van der Waals surface area (Å²) >= 11 is 0. The molecule has 1 aliphatic heterocycles. The Morgan fingerprint density at radius 3 is 2.39 bits per heavy atom. The van der Waals surface area contributed by atoms with E-state index in [-0.39, 0.29) is 23.4 Å². The summed E-state index contributed by atoms with van der Waals surface area (Å²) in [5.74, 6) is 1.22. The number of aromatic hydroxyl groups is 1. The molecule has 2 atom stereocenters. The number of anilines is 1. The topological polar surface area (TPSA) is 55.5 Å². The molecule has 2 unspecified atom stereocenters. The zero-order valence-electron chi connectivity index (χ0n) is 15.4. The first-order chi connectivity index (χ1) is 13.6. The van der Waals surface area contributed by atoms with Gasteiger partial charge < -0.3 is 15.6 Å². The van der Waals surface area contributed by atoms with E-state index in [2.05, 4.69) is 0 Å². The van der Waals surface area contributed by atoms with Crippen molar-refractivity contribution in [2.75, 3.05) is 12.3 Å². The molecule has 1 heterocycles. The lowest BCUT2D eigenvalue weighted by molar-refractivity contribution is 0.247. The predicted molar refractivity (Wildman–Crippen MR) is 107 cm³/mol. The monoisotopic (exact) mass is 375 g/mol. The van der Waals surface area contributed by atoms with Gasteiger partial charge in [-0.05, 0) is 59.7 Å². The van der Waals surface area contributed by atoms with Crippen molar-refractivity contribution in [2.45, 2.75) is 30.6 Å². The third kappa shape index (κ3) is 2.99. The molecule has 142 valence electrons. The van der Waals surface area contributed by atoms with Gasteiger partial charge in [0.25, 0.3) is 0 Å². The lowest BCUT2D eigenvalue weighted by Gasteiger charge is -2.35. The highest BCUT2D eigenvalue weighted by molar-refractivity contribution is 5.52. The van der Waals surface area contributed by atoms with Gasteiger partial charge in [0.15, 0.2) is 0 Å². The second kappa shape index (κ2) is 6.55. The van der Waals surface area contributed by atoms with Gasteiger partial charge in [-0.3, -0.25) is 0 Å². The number of phenols is 1. The predicted octanol–water partition coefficient (Wildman–Crippen LogP) is 5.30. The number of hydrogen-bond donors (Lipinski definition) is 2. The number of rotatable bonds is 3. The number of halogens is 1. The maximum atomic E-state index is 14.3. The zero-order valence-corrected chi connectivity index (χ0v) is 15.4. The molecule has 1 saturated carbocycles. The van der Waals surface area contributed by atoms with Crippen molar-refractivity contribution < 1.29 is 14.2 Å². The van der Waals surface area contributed by atoms with Crippen LogP contribution in [0.2, 0.25) is 0 Å². The molecule has 0 bridgehead atoms. The molecule has 3 aromatic carbocycles. The van der Waals surface area contributed by atoms with Crippen molar-refractivity contribution in [3.05, 3.63) is 88.7 Å². The molecule has 0 saturated heterocycles. The van der Waals surface area contributed by atoms with E-state index in [1.807, 2.05) is 42.5 Å². The first-order valence-corrected chi connectivity index (χ1v) is 9.70. The van der Waals surface area contributed by atoms with Crippen LogP contribution in [-0.4, -0.2) is 11.7 Å². The highest BCUT2D eigenvalue weighted by Gasteiger charge is 2.35. The second-order valence-corrected chi connectivity index (χ2v) is 7.84. The molecule has 1 aliphatic carbocycles. The van der Waals surface area contributed by atoms with Gasteiger partial charge in [-0.25, -0.2) is 4.39 Å². The average Bonchev–Trinajstić information content (AvgIpc) is 3.53. The van der Waals surface area contributed by atoms with Crippen LogP contribution in [0.1, 0.15) is 52.8 Å². The highest BCUT2D eigenvalue weighted by Crippen LogP contribution is 2.48. The molecular weight excluding hydrogens is 353 g/mol. The normalized spacial score (nSPS) is 21.0. The molecule has 0 amide bonds. The summed E-state index contributed by atoms with van der Waals surface area (Å²) < 4.78 is 20.3. The molecule has 0 spiro atoms. The first-order valence-electron chi connectivity index (χ1n) is 9.70. The van der Waals surface area contributed by atoms with Crippen molar-refractivity contribution in [2.24, 2.45) is 0 Å². The van der Waals surface area contributed by atoms with Crippen LogP contribution in [0, 0.1) is 5.82 Å². The number of phenolic OH excluding ortho intramolecular Hbond substituents is 1. The van der Waals surface area contributed by atoms with E-state index in [1.54, 1.807) is 18.2 Å². The highest BCUT2D eigenvalue weighted by atomic mass is 19.1. The Hall–Kier alpha value is -3.01. The fourth-order valence-electron chi connectivity index (χ4n) is 4.30. The number of hydrogen-bond acceptors (Lipinski definition) is 3. The Bertz CT molecular complexity index is 1030. The summed E-state index contributed by atoms with van der Waals surface area (Å²) in [5, 5.41) is 9.86. The third-order valence-corrected chi connectivity index (χ3v) is 5.91. The van der Waals surface area contributed by atoms with Crippen LogP contribution >= 0.6 is 0 Å². The molecule has 2 aliphatic rings. The first kappa shape index (κ1) is 17.1. The molecule has 28 heavy (non-hydrogen) atoms. The molecule has 0 aromatic heterocycles. The summed E-state index contributed by atoms with van der Waals surface area (Å²) in [5.41, 5.74) is 10.7. The minimum atomic E-state index is -0.114. The molecule has 4 heteroatoms. The number of benzene rings is 3. The number of nitrogen functional groups attached to an aromatic ring is 1. The maximum absolute atomic E-state index is 14.3. The van der Waals surface area contributed by atoms with Crippen molar-refractivity contribution in [3.8, 4) is 11.5 Å². The van der Waals surface area contributed by atoms with Crippen LogP contribution < -0.4 is 10.5 Å². The van der Waals surface area contributed by atoms with E-state index in [9.17, 15) is 9.50 Å². The van der Waals surface area contributed by atoms with Gasteiger partial charge in [-0.15, -0.1) is 0 Å². The van der Waals surface area contributed by atoms with Crippen LogP contribution in [-0.2, 0) is 0 Å². The van der Waals surface area contributed by atoms with Gasteiger partial charge in [0.05, 0.1) is 6.61 Å². The van der Waals surface area contributed by atoms with E-state index in [0.717, 1.165) is 40.8 Å². The van der Waals surface area contributed by atoms with Gasteiger partial charge in [0, 0.05) is 29.2 Å². The summed E-state index contributed by atoms with van der Waals surface area (Å²) in [6.07, 6.45) is 2.12. The largest absolute Gasteiger partial charge is 0.508 e. The lowest BCUT2D eigenvalue weighted by Crippen LogP contribution is -2.25. The van der Waals surface area contributed by atoms with Gasteiger partial charge in [-0.1, -0.05) is 30.3 Å². The fraction of sp³-hybridized carbons (Fsp3) is 0.250. The van der Waals surface area contributed by atoms with Crippen molar-refractivity contribution in [1.29, 1.82) is 0 Å². The summed E-state index contributed by atoms with van der Waals surface area (Å²) in [6, 6.07) is 18.7. The minimum Gasteiger partial charge on any atom is -0.508 e. The van der Waals surface area contributed by atoms with Gasteiger partial charge in [-0.2, -0.15) is 0 Å². The lowest BCUT2D eigenvalue weighted by atomic mass is 9.75. The van der Waals surface area contributed by atoms with Crippen LogP contribution in [0.5, 0.6) is 11.5 Å². The standard InChI is InChI=1S/C24H22FNO2/c25-22-10-5-16(11-20(22)14-1-2-14)21-13-28-23-12-18(27)8-9-19(23)24(21)15-3-6-17(26)7-4-15/h3-12,14,21,24,27H,1-2,13,26H2. The average molecular weight is 375 g/mol. The maximum Gasteiger partial charge on any atom is 0.126 e. The van der Waals surface area contributed by atoms with Crippen molar-refractivity contribution in [3.63, 3.8) is 0 Å². The molecule has 3 aromatic rings. The van der Waals surface area contributed by atoms with Crippen LogP contribution in [0.3, 0.4) is 0 Å². The van der Waals surface area contributed by atoms with E-state index in [4.69, 9.17) is 10.5 Å². The zero-order chi connectivity index (χ0) is 19.3. The summed E-state index contributed by atoms with van der Waals surface area (Å²) in [6.45, 7) is 0.473. The SMILES string of the molecule is Nc1ccc(C2c3ccc(O)cc3OCC2c2ccc(F)c(C3CC3)c2)cc1. The third-order valence-electron chi connectivity index (χ3n) is 5.91. The molecule has 5 rings (SSSR count). The van der Waals surface area contributed by atoms with Gasteiger partial charge >= 0.3 is 0 Å². The fourth-order valence-corrected chi connectivity index (χ4v) is 4.30. The van der Waals surface area contributed by atoms with Crippen molar-refractivity contribution in [1.82, 2.24) is 0 Å². The van der Waals surface area contributed by atoms with Gasteiger partial charge in [0.2, 0.25) is 0 Å². The number of fused-ring (bicyclic) bond motifs is 1. The molecule has 0 radical (unpaired) electrons. The Morgan fingerprint density at radius 2 is 1.64 bits per heavy atom. The van der Waals surface area contributed by atoms with E-state index < -0.39 is 0 Å². The number of nitrogens with two attached hydrogens (primary N) is 1. The quantitative estimate of drug-likeness (QED) is 0.611. The van der Waals surface area contributed by atoms with Gasteiger partial charge in [0.1, 0.15) is 17.3 Å². The molecule has 3 N–H and O–H groups in total. The van der Waals surface area contributed by atoms with Crippen LogP contribution in [0.15, 0.2) is 60.7 Å².